The summed E-state index contributed by atoms with van der Waals surface area (Å²) in [5, 5.41) is 11.0. The van der Waals surface area contributed by atoms with Gasteiger partial charge in [-0.05, 0) is 47.5 Å². The van der Waals surface area contributed by atoms with Gasteiger partial charge in [0, 0.05) is 30.9 Å². The van der Waals surface area contributed by atoms with Crippen molar-refractivity contribution in [1.29, 1.82) is 0 Å². The van der Waals surface area contributed by atoms with Crippen molar-refractivity contribution in [3.05, 3.63) is 51.7 Å². The van der Waals surface area contributed by atoms with Gasteiger partial charge in [-0.15, -0.1) is 11.3 Å². The van der Waals surface area contributed by atoms with Crippen molar-refractivity contribution >= 4 is 11.3 Å². The zero-order chi connectivity index (χ0) is 17.1. The molecule has 0 radical (unpaired) electrons. The van der Waals surface area contributed by atoms with Crippen LogP contribution in [0.4, 0.5) is 0 Å². The van der Waals surface area contributed by atoms with Crippen LogP contribution in [0.2, 0.25) is 0 Å². The molecule has 2 aliphatic rings. The smallest absolute Gasteiger partial charge is 0.119 e. The first-order valence-corrected chi connectivity index (χ1v) is 9.93. The van der Waals surface area contributed by atoms with Gasteiger partial charge in [-0.1, -0.05) is 12.1 Å². The second-order valence-corrected chi connectivity index (χ2v) is 7.84. The van der Waals surface area contributed by atoms with Crippen molar-refractivity contribution in [2.45, 2.75) is 31.4 Å². The Hall–Kier alpha value is -1.40. The van der Waals surface area contributed by atoms with Crippen LogP contribution in [-0.4, -0.2) is 42.9 Å². The molecule has 1 fully saturated rings. The van der Waals surface area contributed by atoms with Gasteiger partial charge in [-0.3, -0.25) is 4.90 Å². The normalized spacial score (nSPS) is 19.7. The standard InChI is InChI=1S/C20H25NO3S/c22-11-13-23-17-3-1-16(2-4-17)15-21-9-7-20(8-10-21)18-6-14-25-19(18)5-12-24-20/h1-4,6,14,22H,5,7-13,15H2. The molecule has 5 heteroatoms. The highest BCUT2D eigenvalue weighted by Crippen LogP contribution is 2.43. The summed E-state index contributed by atoms with van der Waals surface area (Å²) in [7, 11) is 0. The Balaban J connectivity index is 1.35. The Bertz CT molecular complexity index is 689. The third kappa shape index (κ3) is 3.60. The maximum absolute atomic E-state index is 8.81. The third-order valence-corrected chi connectivity index (χ3v) is 6.28. The Morgan fingerprint density at radius 2 is 1.96 bits per heavy atom. The van der Waals surface area contributed by atoms with Crippen molar-refractivity contribution in [2.75, 3.05) is 32.9 Å². The van der Waals surface area contributed by atoms with E-state index < -0.39 is 0 Å². The number of aliphatic hydroxyl groups excluding tert-OH is 1. The van der Waals surface area contributed by atoms with Crippen LogP contribution < -0.4 is 4.74 Å². The van der Waals surface area contributed by atoms with Gasteiger partial charge in [-0.25, -0.2) is 0 Å². The van der Waals surface area contributed by atoms with E-state index in [1.54, 1.807) is 0 Å². The zero-order valence-electron chi connectivity index (χ0n) is 14.4. The number of nitrogens with zero attached hydrogens (tertiary/aromatic N) is 1. The molecule has 1 saturated heterocycles. The molecular weight excluding hydrogens is 334 g/mol. The minimum absolute atomic E-state index is 0.0356. The van der Waals surface area contributed by atoms with Gasteiger partial charge in [0.25, 0.3) is 0 Å². The first-order chi connectivity index (χ1) is 12.3. The molecule has 2 aliphatic heterocycles. The number of likely N-dealkylation sites (tertiary alicyclic amines) is 1. The molecule has 2 aromatic rings. The number of benzene rings is 1. The fourth-order valence-corrected chi connectivity index (χ4v) is 4.91. The molecule has 1 aromatic heterocycles. The molecule has 4 rings (SSSR count). The van der Waals surface area contributed by atoms with E-state index in [9.17, 15) is 0 Å². The van der Waals surface area contributed by atoms with Crippen molar-refractivity contribution in [3.8, 4) is 5.75 Å². The number of ether oxygens (including phenoxy) is 2. The van der Waals surface area contributed by atoms with Crippen LogP contribution in [0, 0.1) is 0 Å². The summed E-state index contributed by atoms with van der Waals surface area (Å²) in [5.74, 6) is 0.816. The lowest BCUT2D eigenvalue weighted by Gasteiger charge is -2.44. The van der Waals surface area contributed by atoms with E-state index >= 15 is 0 Å². The van der Waals surface area contributed by atoms with Gasteiger partial charge in [0.15, 0.2) is 0 Å². The average molecular weight is 359 g/mol. The molecule has 1 spiro atoms. The summed E-state index contributed by atoms with van der Waals surface area (Å²) in [5.41, 5.74) is 2.72. The molecule has 4 nitrogen and oxygen atoms in total. The molecule has 3 heterocycles. The molecular formula is C20H25NO3S. The van der Waals surface area contributed by atoms with E-state index in [1.807, 2.05) is 23.5 Å². The number of thiophene rings is 1. The SMILES string of the molecule is OCCOc1ccc(CN2CCC3(CC2)OCCc2sccc23)cc1. The third-order valence-electron chi connectivity index (χ3n) is 5.30. The van der Waals surface area contributed by atoms with E-state index in [0.29, 0.717) is 6.61 Å². The summed E-state index contributed by atoms with van der Waals surface area (Å²) in [6, 6.07) is 10.5. The summed E-state index contributed by atoms with van der Waals surface area (Å²) in [6.45, 7) is 4.36. The van der Waals surface area contributed by atoms with E-state index in [1.165, 1.54) is 16.0 Å². The molecule has 0 aliphatic carbocycles. The van der Waals surface area contributed by atoms with Crippen molar-refractivity contribution in [3.63, 3.8) is 0 Å². The van der Waals surface area contributed by atoms with Crippen molar-refractivity contribution in [2.24, 2.45) is 0 Å². The molecule has 0 bridgehead atoms. The molecule has 1 N–H and O–H groups in total. The van der Waals surface area contributed by atoms with E-state index in [-0.39, 0.29) is 12.2 Å². The van der Waals surface area contributed by atoms with E-state index in [4.69, 9.17) is 14.6 Å². The average Bonchev–Trinajstić information content (AvgIpc) is 3.14. The second-order valence-electron chi connectivity index (χ2n) is 6.84. The van der Waals surface area contributed by atoms with Crippen molar-refractivity contribution in [1.82, 2.24) is 4.90 Å². The lowest BCUT2D eigenvalue weighted by atomic mass is 9.82. The number of hydrogen-bond acceptors (Lipinski definition) is 5. The summed E-state index contributed by atoms with van der Waals surface area (Å²) in [4.78, 5) is 4.04. The van der Waals surface area contributed by atoms with Crippen LogP contribution in [0.5, 0.6) is 5.75 Å². The van der Waals surface area contributed by atoms with Gasteiger partial charge in [0.2, 0.25) is 0 Å². The summed E-state index contributed by atoms with van der Waals surface area (Å²) < 4.78 is 11.7. The zero-order valence-corrected chi connectivity index (χ0v) is 15.3. The number of fused-ring (bicyclic) bond motifs is 2. The van der Waals surface area contributed by atoms with Crippen LogP contribution >= 0.6 is 11.3 Å². The van der Waals surface area contributed by atoms with Gasteiger partial charge in [0.05, 0.1) is 18.8 Å². The highest BCUT2D eigenvalue weighted by molar-refractivity contribution is 7.10. The monoisotopic (exact) mass is 359 g/mol. The molecule has 1 aromatic carbocycles. The lowest BCUT2D eigenvalue weighted by Crippen LogP contribution is -2.45. The van der Waals surface area contributed by atoms with Crippen molar-refractivity contribution < 1.29 is 14.6 Å². The van der Waals surface area contributed by atoms with Gasteiger partial charge in [0.1, 0.15) is 12.4 Å². The quantitative estimate of drug-likeness (QED) is 0.890. The first kappa shape index (κ1) is 17.0. The van der Waals surface area contributed by atoms with Crippen LogP contribution in [0.25, 0.3) is 0 Å². The Labute approximate surface area is 153 Å². The fraction of sp³-hybridized carbons (Fsp3) is 0.500. The lowest BCUT2D eigenvalue weighted by molar-refractivity contribution is -0.0980. The maximum Gasteiger partial charge on any atom is 0.119 e. The summed E-state index contributed by atoms with van der Waals surface area (Å²) >= 11 is 1.88. The molecule has 0 atom stereocenters. The minimum Gasteiger partial charge on any atom is -0.491 e. The molecule has 25 heavy (non-hydrogen) atoms. The topological polar surface area (TPSA) is 41.9 Å². The maximum atomic E-state index is 8.81. The Morgan fingerprint density at radius 1 is 1.16 bits per heavy atom. The van der Waals surface area contributed by atoms with Gasteiger partial charge >= 0.3 is 0 Å². The predicted octanol–water partition coefficient (Wildman–Crippen LogP) is 3.18. The van der Waals surface area contributed by atoms with Crippen LogP contribution in [0.15, 0.2) is 35.7 Å². The number of piperidine rings is 1. The van der Waals surface area contributed by atoms with Gasteiger partial charge in [-0.2, -0.15) is 0 Å². The number of aliphatic hydroxyl groups is 1. The number of hydrogen-bond donors (Lipinski definition) is 1. The predicted molar refractivity (Wildman–Crippen MR) is 99.2 cm³/mol. The highest BCUT2D eigenvalue weighted by Gasteiger charge is 2.41. The second kappa shape index (κ2) is 7.46. The molecule has 0 saturated carbocycles. The highest BCUT2D eigenvalue weighted by atomic mass is 32.1. The van der Waals surface area contributed by atoms with E-state index in [0.717, 1.165) is 51.3 Å². The molecule has 0 unspecified atom stereocenters. The number of rotatable bonds is 5. The van der Waals surface area contributed by atoms with Gasteiger partial charge < -0.3 is 14.6 Å². The van der Waals surface area contributed by atoms with Crippen LogP contribution in [0.1, 0.15) is 28.8 Å². The Kier molecular flexibility index (Phi) is 5.08. The molecule has 0 amide bonds. The summed E-state index contributed by atoms with van der Waals surface area (Å²) in [6.07, 6.45) is 3.23. The van der Waals surface area contributed by atoms with Crippen LogP contribution in [0.3, 0.4) is 0 Å². The van der Waals surface area contributed by atoms with Crippen LogP contribution in [-0.2, 0) is 23.3 Å². The first-order valence-electron chi connectivity index (χ1n) is 9.05. The van der Waals surface area contributed by atoms with E-state index in [2.05, 4.69) is 28.5 Å². The Morgan fingerprint density at radius 3 is 2.72 bits per heavy atom. The molecule has 134 valence electrons. The fourth-order valence-electron chi connectivity index (χ4n) is 3.96. The largest absolute Gasteiger partial charge is 0.491 e. The minimum atomic E-state index is -0.0356.